The standard InChI is InChI=1S/C19H34O4/c1-4-22-17(20)11-12-18(21)23-14-8-13-19(2,3)15-16-9-6-5-7-10-16/h16H,4-15H2,1-3H3. The Kier molecular flexibility index (Phi) is 9.27. The minimum atomic E-state index is -0.335. The number of esters is 2. The first-order valence-electron chi connectivity index (χ1n) is 9.24. The van der Waals surface area contributed by atoms with Crippen molar-refractivity contribution in [3.63, 3.8) is 0 Å². The molecule has 1 aliphatic rings. The molecule has 4 nitrogen and oxygen atoms in total. The molecule has 0 radical (unpaired) electrons. The second-order valence-corrected chi connectivity index (χ2v) is 7.50. The zero-order chi connectivity index (χ0) is 17.1. The summed E-state index contributed by atoms with van der Waals surface area (Å²) in [5, 5.41) is 0. The van der Waals surface area contributed by atoms with E-state index in [4.69, 9.17) is 9.47 Å². The first kappa shape index (κ1) is 20.0. The average molecular weight is 326 g/mol. The molecular formula is C19H34O4. The van der Waals surface area contributed by atoms with Crippen molar-refractivity contribution in [1.29, 1.82) is 0 Å². The lowest BCUT2D eigenvalue weighted by Crippen LogP contribution is -2.20. The van der Waals surface area contributed by atoms with Gasteiger partial charge in [-0.3, -0.25) is 9.59 Å². The fourth-order valence-electron chi connectivity index (χ4n) is 3.52. The first-order chi connectivity index (χ1) is 10.9. The van der Waals surface area contributed by atoms with Crippen LogP contribution in [0.2, 0.25) is 0 Å². The third-order valence-electron chi connectivity index (χ3n) is 4.67. The Labute approximate surface area is 141 Å². The van der Waals surface area contributed by atoms with Crippen LogP contribution in [0.3, 0.4) is 0 Å². The fourth-order valence-corrected chi connectivity index (χ4v) is 3.52. The van der Waals surface area contributed by atoms with Crippen molar-refractivity contribution in [1.82, 2.24) is 0 Å². The fraction of sp³-hybridized carbons (Fsp3) is 0.895. The van der Waals surface area contributed by atoms with Crippen LogP contribution in [-0.4, -0.2) is 25.2 Å². The molecule has 0 aromatic rings. The molecule has 0 aliphatic heterocycles. The highest BCUT2D eigenvalue weighted by molar-refractivity contribution is 5.77. The minimum absolute atomic E-state index is 0.111. The maximum Gasteiger partial charge on any atom is 0.306 e. The van der Waals surface area contributed by atoms with Gasteiger partial charge in [0.1, 0.15) is 0 Å². The van der Waals surface area contributed by atoms with Gasteiger partial charge >= 0.3 is 11.9 Å². The van der Waals surface area contributed by atoms with Gasteiger partial charge in [0.2, 0.25) is 0 Å². The second-order valence-electron chi connectivity index (χ2n) is 7.50. The van der Waals surface area contributed by atoms with Gasteiger partial charge in [-0.1, -0.05) is 46.0 Å². The Balaban J connectivity index is 2.10. The lowest BCUT2D eigenvalue weighted by Gasteiger charge is -2.32. The molecule has 23 heavy (non-hydrogen) atoms. The maximum absolute atomic E-state index is 11.6. The summed E-state index contributed by atoms with van der Waals surface area (Å²) in [7, 11) is 0. The summed E-state index contributed by atoms with van der Waals surface area (Å²) in [5.41, 5.74) is 0.319. The number of carbonyl (C=O) groups is 2. The van der Waals surface area contributed by atoms with Gasteiger partial charge in [0.25, 0.3) is 0 Å². The van der Waals surface area contributed by atoms with Crippen LogP contribution in [0, 0.1) is 11.3 Å². The van der Waals surface area contributed by atoms with Gasteiger partial charge < -0.3 is 9.47 Å². The van der Waals surface area contributed by atoms with Crippen LogP contribution in [-0.2, 0) is 19.1 Å². The third-order valence-corrected chi connectivity index (χ3v) is 4.67. The van der Waals surface area contributed by atoms with Crippen molar-refractivity contribution < 1.29 is 19.1 Å². The molecule has 0 heterocycles. The quantitative estimate of drug-likeness (QED) is 0.433. The Morgan fingerprint density at radius 2 is 1.61 bits per heavy atom. The Bertz CT molecular complexity index is 356. The zero-order valence-corrected chi connectivity index (χ0v) is 15.2. The van der Waals surface area contributed by atoms with Gasteiger partial charge in [0, 0.05) is 0 Å². The van der Waals surface area contributed by atoms with E-state index in [1.165, 1.54) is 38.5 Å². The van der Waals surface area contributed by atoms with Crippen LogP contribution < -0.4 is 0 Å². The average Bonchev–Trinajstić information content (AvgIpc) is 2.50. The molecule has 1 aliphatic carbocycles. The minimum Gasteiger partial charge on any atom is -0.466 e. The molecule has 4 heteroatoms. The van der Waals surface area contributed by atoms with Crippen molar-refractivity contribution in [2.24, 2.45) is 11.3 Å². The Morgan fingerprint density at radius 1 is 1.00 bits per heavy atom. The molecule has 0 spiro atoms. The highest BCUT2D eigenvalue weighted by Crippen LogP contribution is 2.37. The SMILES string of the molecule is CCOC(=O)CCC(=O)OCCCC(C)(C)CC1CCCCC1. The summed E-state index contributed by atoms with van der Waals surface area (Å²) in [6.45, 7) is 7.21. The lowest BCUT2D eigenvalue weighted by atomic mass is 9.74. The van der Waals surface area contributed by atoms with Gasteiger partial charge in [-0.05, 0) is 37.5 Å². The Morgan fingerprint density at radius 3 is 2.22 bits per heavy atom. The number of hydrogen-bond acceptors (Lipinski definition) is 4. The molecule has 1 saturated carbocycles. The molecule has 0 unspecified atom stereocenters. The van der Waals surface area contributed by atoms with E-state index in [0.29, 0.717) is 18.6 Å². The van der Waals surface area contributed by atoms with Gasteiger partial charge in [0.15, 0.2) is 0 Å². The number of hydrogen-bond donors (Lipinski definition) is 0. The third kappa shape index (κ3) is 9.62. The van der Waals surface area contributed by atoms with E-state index in [2.05, 4.69) is 13.8 Å². The monoisotopic (exact) mass is 326 g/mol. The number of rotatable bonds is 10. The van der Waals surface area contributed by atoms with Gasteiger partial charge in [-0.15, -0.1) is 0 Å². The van der Waals surface area contributed by atoms with Crippen LogP contribution in [0.5, 0.6) is 0 Å². The molecule has 0 N–H and O–H groups in total. The molecular weight excluding hydrogens is 292 g/mol. The summed E-state index contributed by atoms with van der Waals surface area (Å²) < 4.78 is 10.00. The van der Waals surface area contributed by atoms with E-state index in [9.17, 15) is 9.59 Å². The van der Waals surface area contributed by atoms with Gasteiger partial charge in [0.05, 0.1) is 26.1 Å². The first-order valence-corrected chi connectivity index (χ1v) is 9.24. The van der Waals surface area contributed by atoms with Crippen LogP contribution in [0.15, 0.2) is 0 Å². The number of ether oxygens (including phenoxy) is 2. The summed E-state index contributed by atoms with van der Waals surface area (Å²) >= 11 is 0. The van der Waals surface area contributed by atoms with Crippen molar-refractivity contribution in [3.05, 3.63) is 0 Å². The van der Waals surface area contributed by atoms with E-state index < -0.39 is 0 Å². The molecule has 1 rings (SSSR count). The normalized spacial score (nSPS) is 16.1. The van der Waals surface area contributed by atoms with Gasteiger partial charge in [-0.2, -0.15) is 0 Å². The largest absolute Gasteiger partial charge is 0.466 e. The van der Waals surface area contributed by atoms with Crippen molar-refractivity contribution in [2.45, 2.75) is 85.0 Å². The van der Waals surface area contributed by atoms with E-state index in [-0.39, 0.29) is 24.8 Å². The summed E-state index contributed by atoms with van der Waals surface area (Å²) in [4.78, 5) is 22.7. The molecule has 1 fully saturated rings. The topological polar surface area (TPSA) is 52.6 Å². The van der Waals surface area contributed by atoms with E-state index in [0.717, 1.165) is 18.8 Å². The molecule has 0 aromatic heterocycles. The van der Waals surface area contributed by atoms with Crippen LogP contribution in [0.4, 0.5) is 0 Å². The van der Waals surface area contributed by atoms with E-state index in [1.807, 2.05) is 0 Å². The van der Waals surface area contributed by atoms with E-state index in [1.54, 1.807) is 6.92 Å². The molecule has 0 amide bonds. The number of carbonyl (C=O) groups excluding carboxylic acids is 2. The lowest BCUT2D eigenvalue weighted by molar-refractivity contribution is -0.150. The van der Waals surface area contributed by atoms with Crippen molar-refractivity contribution >= 4 is 11.9 Å². The highest BCUT2D eigenvalue weighted by Gasteiger charge is 2.24. The van der Waals surface area contributed by atoms with Crippen LogP contribution in [0.1, 0.15) is 85.0 Å². The molecule has 0 saturated heterocycles. The summed E-state index contributed by atoms with van der Waals surface area (Å²) in [6.07, 6.45) is 10.4. The highest BCUT2D eigenvalue weighted by atomic mass is 16.5. The maximum atomic E-state index is 11.6. The smallest absolute Gasteiger partial charge is 0.306 e. The van der Waals surface area contributed by atoms with Gasteiger partial charge in [-0.25, -0.2) is 0 Å². The van der Waals surface area contributed by atoms with Crippen LogP contribution >= 0.6 is 0 Å². The van der Waals surface area contributed by atoms with Crippen molar-refractivity contribution in [2.75, 3.05) is 13.2 Å². The van der Waals surface area contributed by atoms with Crippen molar-refractivity contribution in [3.8, 4) is 0 Å². The molecule has 0 aromatic carbocycles. The Hall–Kier alpha value is -1.06. The van der Waals surface area contributed by atoms with Crippen LogP contribution in [0.25, 0.3) is 0 Å². The molecule has 134 valence electrons. The second kappa shape index (κ2) is 10.7. The predicted molar refractivity (Wildman–Crippen MR) is 91.0 cm³/mol. The summed E-state index contributed by atoms with van der Waals surface area (Å²) in [6, 6.07) is 0. The molecule has 0 bridgehead atoms. The van der Waals surface area contributed by atoms with E-state index >= 15 is 0 Å². The zero-order valence-electron chi connectivity index (χ0n) is 15.2. The predicted octanol–water partition coefficient (Wildman–Crippen LogP) is 4.65. The molecule has 0 atom stereocenters. The summed E-state index contributed by atoms with van der Waals surface area (Å²) in [5.74, 6) is 0.243.